The maximum absolute atomic E-state index is 13.6. The van der Waals surface area contributed by atoms with Gasteiger partial charge in [-0.15, -0.1) is 0 Å². The third-order valence-corrected chi connectivity index (χ3v) is 6.53. The average molecular weight is 464 g/mol. The van der Waals surface area contributed by atoms with Crippen molar-refractivity contribution in [2.24, 2.45) is 0 Å². The highest BCUT2D eigenvalue weighted by Crippen LogP contribution is 2.38. The van der Waals surface area contributed by atoms with Crippen LogP contribution in [-0.2, 0) is 6.18 Å². The Hall–Kier alpha value is -2.75. The molecule has 0 N–H and O–H groups in total. The van der Waals surface area contributed by atoms with Crippen LogP contribution in [0.3, 0.4) is 0 Å². The van der Waals surface area contributed by atoms with Gasteiger partial charge in [0.05, 0.1) is 23.7 Å². The minimum Gasteiger partial charge on any atom is -0.472 e. The summed E-state index contributed by atoms with van der Waals surface area (Å²) in [5.74, 6) is -0.910. The Kier molecular flexibility index (Phi) is 5.72. The highest BCUT2D eigenvalue weighted by Gasteiger charge is 2.38. The molecule has 1 amide bonds. The number of hydrogen-bond donors (Lipinski definition) is 0. The van der Waals surface area contributed by atoms with E-state index in [0.29, 0.717) is 56.4 Å². The van der Waals surface area contributed by atoms with Crippen LogP contribution in [0.2, 0.25) is 0 Å². The van der Waals surface area contributed by atoms with Crippen LogP contribution in [-0.4, -0.2) is 64.0 Å². The summed E-state index contributed by atoms with van der Waals surface area (Å²) in [6.07, 6.45) is 2.13. The van der Waals surface area contributed by atoms with Gasteiger partial charge in [-0.3, -0.25) is 14.7 Å². The molecule has 3 aliphatic rings. The zero-order valence-corrected chi connectivity index (χ0v) is 17.9. The molecule has 0 spiro atoms. The van der Waals surface area contributed by atoms with Crippen molar-refractivity contribution in [3.8, 4) is 5.88 Å². The molecule has 176 valence electrons. The topological polar surface area (TPSA) is 58.6 Å². The largest absolute Gasteiger partial charge is 0.472 e. The Morgan fingerprint density at radius 2 is 1.91 bits per heavy atom. The van der Waals surface area contributed by atoms with Crippen LogP contribution in [0.5, 0.6) is 5.88 Å². The Balaban J connectivity index is 1.24. The van der Waals surface area contributed by atoms with Crippen LogP contribution in [0.4, 0.5) is 17.6 Å². The molecule has 3 heterocycles. The van der Waals surface area contributed by atoms with Gasteiger partial charge in [0.2, 0.25) is 5.88 Å². The van der Waals surface area contributed by atoms with Crippen molar-refractivity contribution in [1.82, 2.24) is 19.8 Å². The number of nitrogens with zero attached hydrogens (tertiary/aromatic N) is 4. The first-order chi connectivity index (χ1) is 15.8. The molecule has 1 aromatic heterocycles. The molecule has 0 radical (unpaired) electrons. The predicted molar refractivity (Wildman–Crippen MR) is 110 cm³/mol. The van der Waals surface area contributed by atoms with Crippen LogP contribution < -0.4 is 4.74 Å². The second kappa shape index (κ2) is 8.55. The molecule has 1 aliphatic carbocycles. The minimum absolute atomic E-state index is 0.0303. The monoisotopic (exact) mass is 464 g/mol. The van der Waals surface area contributed by atoms with Crippen molar-refractivity contribution in [2.45, 2.75) is 49.9 Å². The minimum atomic E-state index is -4.86. The van der Waals surface area contributed by atoms with E-state index < -0.39 is 23.5 Å². The molecule has 3 fully saturated rings. The summed E-state index contributed by atoms with van der Waals surface area (Å²) in [7, 11) is 0. The van der Waals surface area contributed by atoms with Gasteiger partial charge in [-0.25, -0.2) is 9.37 Å². The fraction of sp³-hybridized carbons (Fsp3) is 0.522. The van der Waals surface area contributed by atoms with E-state index in [1.165, 1.54) is 0 Å². The standard InChI is InChI=1S/C23H24F4N4O2/c24-19-5-4-15(8-18(19)23(25,26)27)22(32)31-7-1-6-30-13-17(9-16(30)12-31)33-21-11-28-20(10-29-21)14-2-3-14/h4-5,8,10-11,14,16-17H,1-3,6-7,9,12-13H2/t16-,17+/m0/s1. The van der Waals surface area contributed by atoms with E-state index in [2.05, 4.69) is 14.9 Å². The number of carbonyl (C=O) groups is 1. The zero-order chi connectivity index (χ0) is 23.2. The SMILES string of the molecule is O=C(c1ccc(F)c(C(F)(F)F)c1)N1CCCN2C[C@H](Oc3cnc(C4CC4)cn3)C[C@H]2C1. The maximum Gasteiger partial charge on any atom is 0.419 e. The fourth-order valence-electron chi connectivity index (χ4n) is 4.69. The van der Waals surface area contributed by atoms with Crippen molar-refractivity contribution in [2.75, 3.05) is 26.2 Å². The highest BCUT2D eigenvalue weighted by atomic mass is 19.4. The molecule has 33 heavy (non-hydrogen) atoms. The summed E-state index contributed by atoms with van der Waals surface area (Å²) >= 11 is 0. The smallest absolute Gasteiger partial charge is 0.419 e. The molecule has 10 heteroatoms. The molecule has 1 saturated carbocycles. The van der Waals surface area contributed by atoms with E-state index in [1.807, 2.05) is 0 Å². The lowest BCUT2D eigenvalue weighted by Crippen LogP contribution is -2.39. The summed E-state index contributed by atoms with van der Waals surface area (Å²) in [6, 6.07) is 2.45. The molecule has 0 bridgehead atoms. The molecule has 0 unspecified atom stereocenters. The number of carbonyl (C=O) groups excluding carboxylic acids is 1. The van der Waals surface area contributed by atoms with E-state index in [9.17, 15) is 22.4 Å². The first kappa shape index (κ1) is 22.1. The molecule has 2 saturated heterocycles. The third kappa shape index (κ3) is 4.80. The summed E-state index contributed by atoms with van der Waals surface area (Å²) in [6.45, 7) is 2.26. The van der Waals surface area contributed by atoms with Gasteiger partial charge in [0.25, 0.3) is 5.91 Å². The normalized spacial score (nSPS) is 23.8. The van der Waals surface area contributed by atoms with E-state index in [1.54, 1.807) is 17.3 Å². The number of hydrogen-bond acceptors (Lipinski definition) is 5. The fourth-order valence-corrected chi connectivity index (χ4v) is 4.69. The van der Waals surface area contributed by atoms with Gasteiger partial charge in [-0.2, -0.15) is 13.2 Å². The lowest BCUT2D eigenvalue weighted by molar-refractivity contribution is -0.140. The Morgan fingerprint density at radius 1 is 1.09 bits per heavy atom. The molecular weight excluding hydrogens is 440 g/mol. The lowest BCUT2D eigenvalue weighted by Gasteiger charge is -2.25. The van der Waals surface area contributed by atoms with Crippen LogP contribution in [0.15, 0.2) is 30.6 Å². The predicted octanol–water partition coefficient (Wildman–Crippen LogP) is 3.88. The Morgan fingerprint density at radius 3 is 2.61 bits per heavy atom. The molecule has 2 aliphatic heterocycles. The van der Waals surface area contributed by atoms with Crippen LogP contribution in [0.25, 0.3) is 0 Å². The van der Waals surface area contributed by atoms with E-state index in [4.69, 9.17) is 4.74 Å². The number of alkyl halides is 3. The van der Waals surface area contributed by atoms with Gasteiger partial charge < -0.3 is 9.64 Å². The number of ether oxygens (including phenoxy) is 1. The van der Waals surface area contributed by atoms with Crippen LogP contribution in [0, 0.1) is 5.82 Å². The van der Waals surface area contributed by atoms with Crippen LogP contribution >= 0.6 is 0 Å². The lowest BCUT2D eigenvalue weighted by atomic mass is 10.1. The number of amides is 1. The average Bonchev–Trinajstić information content (AvgIpc) is 3.58. The van der Waals surface area contributed by atoms with Crippen molar-refractivity contribution >= 4 is 5.91 Å². The van der Waals surface area contributed by atoms with E-state index in [-0.39, 0.29) is 17.7 Å². The van der Waals surface area contributed by atoms with Crippen molar-refractivity contribution in [3.05, 3.63) is 53.2 Å². The number of rotatable bonds is 4. The molecule has 2 atom stereocenters. The van der Waals surface area contributed by atoms with Crippen molar-refractivity contribution in [1.29, 1.82) is 0 Å². The van der Waals surface area contributed by atoms with Gasteiger partial charge in [0.15, 0.2) is 0 Å². The third-order valence-electron chi connectivity index (χ3n) is 6.53. The summed E-state index contributed by atoms with van der Waals surface area (Å²) < 4.78 is 58.8. The first-order valence-electron chi connectivity index (χ1n) is 11.2. The van der Waals surface area contributed by atoms with E-state index >= 15 is 0 Å². The summed E-state index contributed by atoms with van der Waals surface area (Å²) in [5.41, 5.74) is -0.590. The van der Waals surface area contributed by atoms with Gasteiger partial charge >= 0.3 is 6.18 Å². The van der Waals surface area contributed by atoms with Gasteiger partial charge in [0, 0.05) is 50.1 Å². The zero-order valence-electron chi connectivity index (χ0n) is 17.9. The van der Waals surface area contributed by atoms with Crippen molar-refractivity contribution < 1.29 is 27.1 Å². The first-order valence-corrected chi connectivity index (χ1v) is 11.2. The molecular formula is C23H24F4N4O2. The maximum atomic E-state index is 13.6. The van der Waals surface area contributed by atoms with Gasteiger partial charge in [0.1, 0.15) is 11.9 Å². The number of fused-ring (bicyclic) bond motifs is 1. The summed E-state index contributed by atoms with van der Waals surface area (Å²) in [4.78, 5) is 25.6. The van der Waals surface area contributed by atoms with Gasteiger partial charge in [-0.05, 0) is 37.5 Å². The van der Waals surface area contributed by atoms with E-state index in [0.717, 1.165) is 31.1 Å². The Bertz CT molecular complexity index is 1030. The van der Waals surface area contributed by atoms with Gasteiger partial charge in [-0.1, -0.05) is 0 Å². The molecule has 2 aromatic rings. The second-order valence-corrected chi connectivity index (χ2v) is 8.98. The number of halogens is 4. The highest BCUT2D eigenvalue weighted by molar-refractivity contribution is 5.94. The summed E-state index contributed by atoms with van der Waals surface area (Å²) in [5, 5.41) is 0. The molecule has 6 nitrogen and oxygen atoms in total. The van der Waals surface area contributed by atoms with Crippen molar-refractivity contribution in [3.63, 3.8) is 0 Å². The quantitative estimate of drug-likeness (QED) is 0.643. The van der Waals surface area contributed by atoms with Crippen LogP contribution in [0.1, 0.15) is 53.2 Å². The number of aromatic nitrogens is 2. The number of benzene rings is 1. The second-order valence-electron chi connectivity index (χ2n) is 8.98. The molecule has 5 rings (SSSR count). The Labute approximate surface area is 188 Å². The molecule has 1 aromatic carbocycles.